The molecule has 0 aromatic heterocycles. The molecule has 112 valence electrons. The minimum absolute atomic E-state index is 0.248. The maximum Gasteiger partial charge on any atom is 0.243 e. The van der Waals surface area contributed by atoms with Crippen LogP contribution in [0.4, 0.5) is 0 Å². The average molecular weight is 427 g/mol. The molecule has 0 aliphatic heterocycles. The van der Waals surface area contributed by atoms with Gasteiger partial charge >= 0.3 is 0 Å². The van der Waals surface area contributed by atoms with Gasteiger partial charge in [0, 0.05) is 22.5 Å². The standard InChI is InChI=1S/C13H17Br2NO3S/c1-8-3-12(15)13(6-11(8)14)20(18,19)16(2)7-9-4-10(17)5-9/h3,6,9-10,17H,4-5,7H2,1-2H3. The molecule has 1 saturated carbocycles. The number of sulfonamides is 1. The van der Waals surface area contributed by atoms with Crippen LogP contribution in [0.2, 0.25) is 0 Å². The van der Waals surface area contributed by atoms with E-state index >= 15 is 0 Å². The summed E-state index contributed by atoms with van der Waals surface area (Å²) in [6.07, 6.45) is 1.09. The minimum Gasteiger partial charge on any atom is -0.393 e. The summed E-state index contributed by atoms with van der Waals surface area (Å²) in [6, 6.07) is 3.42. The molecule has 0 bridgehead atoms. The van der Waals surface area contributed by atoms with E-state index in [9.17, 15) is 13.5 Å². The molecule has 0 atom stereocenters. The first-order valence-electron chi connectivity index (χ1n) is 6.32. The van der Waals surface area contributed by atoms with Gasteiger partial charge in [0.15, 0.2) is 0 Å². The number of aryl methyl sites for hydroxylation is 1. The molecule has 0 spiro atoms. The molecule has 1 aromatic carbocycles. The molecule has 1 N–H and O–H groups in total. The molecule has 1 aliphatic rings. The van der Waals surface area contributed by atoms with Crippen LogP contribution in [0.1, 0.15) is 18.4 Å². The summed E-state index contributed by atoms with van der Waals surface area (Å²) in [5.74, 6) is 0.248. The SMILES string of the molecule is Cc1cc(Br)c(S(=O)(=O)N(C)CC2CC(O)C2)cc1Br. The van der Waals surface area contributed by atoms with Crippen molar-refractivity contribution in [1.29, 1.82) is 0 Å². The van der Waals surface area contributed by atoms with E-state index < -0.39 is 10.0 Å². The van der Waals surface area contributed by atoms with Crippen molar-refractivity contribution in [2.45, 2.75) is 30.8 Å². The second kappa shape index (κ2) is 6.04. The summed E-state index contributed by atoms with van der Waals surface area (Å²) < 4.78 is 27.9. The molecule has 0 unspecified atom stereocenters. The number of nitrogens with zero attached hydrogens (tertiary/aromatic N) is 1. The molecule has 1 aromatic rings. The maximum absolute atomic E-state index is 12.6. The predicted octanol–water partition coefficient (Wildman–Crippen LogP) is 2.91. The Bertz CT molecular complexity index is 612. The van der Waals surface area contributed by atoms with Crippen molar-refractivity contribution in [2.75, 3.05) is 13.6 Å². The van der Waals surface area contributed by atoms with Crippen molar-refractivity contribution in [3.8, 4) is 0 Å². The van der Waals surface area contributed by atoms with Gasteiger partial charge in [-0.2, -0.15) is 0 Å². The van der Waals surface area contributed by atoms with Gasteiger partial charge < -0.3 is 5.11 Å². The molecule has 1 fully saturated rings. The first-order valence-corrected chi connectivity index (χ1v) is 9.34. The van der Waals surface area contributed by atoms with Gasteiger partial charge in [0.2, 0.25) is 10.0 Å². The third kappa shape index (κ3) is 3.27. The third-order valence-corrected chi connectivity index (χ3v) is 7.26. The van der Waals surface area contributed by atoms with E-state index in [2.05, 4.69) is 31.9 Å². The Morgan fingerprint density at radius 2 is 1.90 bits per heavy atom. The van der Waals surface area contributed by atoms with Gasteiger partial charge in [0.25, 0.3) is 0 Å². The largest absolute Gasteiger partial charge is 0.393 e. The van der Waals surface area contributed by atoms with Crippen molar-refractivity contribution in [3.05, 3.63) is 26.6 Å². The van der Waals surface area contributed by atoms with Crippen LogP contribution < -0.4 is 0 Å². The van der Waals surface area contributed by atoms with E-state index in [1.54, 1.807) is 19.2 Å². The Morgan fingerprint density at radius 3 is 2.45 bits per heavy atom. The van der Waals surface area contributed by atoms with Crippen molar-refractivity contribution in [3.63, 3.8) is 0 Å². The fourth-order valence-corrected chi connectivity index (χ4v) is 5.19. The Morgan fingerprint density at radius 1 is 1.30 bits per heavy atom. The molecule has 0 heterocycles. The van der Waals surface area contributed by atoms with Crippen LogP contribution in [0.15, 0.2) is 26.0 Å². The zero-order valence-electron chi connectivity index (χ0n) is 11.3. The second-order valence-electron chi connectivity index (χ2n) is 5.31. The Kier molecular flexibility index (Phi) is 4.96. The minimum atomic E-state index is -3.52. The Hall–Kier alpha value is 0.0500. The van der Waals surface area contributed by atoms with Gasteiger partial charge in [-0.15, -0.1) is 0 Å². The summed E-state index contributed by atoms with van der Waals surface area (Å²) in [4.78, 5) is 0.261. The van der Waals surface area contributed by atoms with E-state index in [1.807, 2.05) is 6.92 Å². The molecule has 2 rings (SSSR count). The molecular weight excluding hydrogens is 410 g/mol. The van der Waals surface area contributed by atoms with Crippen LogP contribution in [0, 0.1) is 12.8 Å². The van der Waals surface area contributed by atoms with Gasteiger partial charge in [-0.3, -0.25) is 0 Å². The topological polar surface area (TPSA) is 57.6 Å². The number of rotatable bonds is 4. The molecule has 20 heavy (non-hydrogen) atoms. The first kappa shape index (κ1) is 16.4. The van der Waals surface area contributed by atoms with Crippen LogP contribution in [-0.4, -0.2) is 37.5 Å². The monoisotopic (exact) mass is 425 g/mol. The predicted molar refractivity (Wildman–Crippen MR) is 85.1 cm³/mol. The fraction of sp³-hybridized carbons (Fsp3) is 0.538. The summed E-state index contributed by atoms with van der Waals surface area (Å²) in [5.41, 5.74) is 0.973. The van der Waals surface area contributed by atoms with Crippen LogP contribution in [0.3, 0.4) is 0 Å². The molecule has 0 saturated heterocycles. The summed E-state index contributed by atoms with van der Waals surface area (Å²) in [5, 5.41) is 9.28. The lowest BCUT2D eigenvalue weighted by Gasteiger charge is -2.34. The van der Waals surface area contributed by atoms with E-state index in [0.717, 1.165) is 10.0 Å². The van der Waals surface area contributed by atoms with Gasteiger partial charge in [0.1, 0.15) is 0 Å². The number of halogens is 2. The zero-order chi connectivity index (χ0) is 15.1. The molecule has 1 aliphatic carbocycles. The molecule has 4 nitrogen and oxygen atoms in total. The van der Waals surface area contributed by atoms with E-state index in [4.69, 9.17) is 0 Å². The third-order valence-electron chi connectivity index (χ3n) is 3.63. The van der Waals surface area contributed by atoms with Crippen molar-refractivity contribution >= 4 is 41.9 Å². The molecule has 0 amide bonds. The second-order valence-corrected chi connectivity index (χ2v) is 9.03. The van der Waals surface area contributed by atoms with Crippen LogP contribution >= 0.6 is 31.9 Å². The van der Waals surface area contributed by atoms with Crippen LogP contribution in [0.25, 0.3) is 0 Å². The van der Waals surface area contributed by atoms with Crippen LogP contribution in [-0.2, 0) is 10.0 Å². The van der Waals surface area contributed by atoms with Crippen molar-refractivity contribution < 1.29 is 13.5 Å². The Balaban J connectivity index is 2.23. The van der Waals surface area contributed by atoms with Gasteiger partial charge in [-0.1, -0.05) is 15.9 Å². The van der Waals surface area contributed by atoms with Crippen molar-refractivity contribution in [1.82, 2.24) is 4.31 Å². The number of benzene rings is 1. The number of hydrogen-bond acceptors (Lipinski definition) is 3. The number of aliphatic hydroxyl groups excluding tert-OH is 1. The molecule has 0 radical (unpaired) electrons. The highest BCUT2D eigenvalue weighted by Crippen LogP contribution is 2.33. The first-order chi connectivity index (χ1) is 9.21. The van der Waals surface area contributed by atoms with Crippen LogP contribution in [0.5, 0.6) is 0 Å². The highest BCUT2D eigenvalue weighted by atomic mass is 79.9. The zero-order valence-corrected chi connectivity index (χ0v) is 15.3. The van der Waals surface area contributed by atoms with Crippen molar-refractivity contribution in [2.24, 2.45) is 5.92 Å². The average Bonchev–Trinajstić information content (AvgIpc) is 2.31. The maximum atomic E-state index is 12.6. The lowest BCUT2D eigenvalue weighted by atomic mass is 9.82. The molecule has 7 heteroatoms. The highest BCUT2D eigenvalue weighted by molar-refractivity contribution is 9.11. The fourth-order valence-electron chi connectivity index (χ4n) is 2.30. The highest BCUT2D eigenvalue weighted by Gasteiger charge is 2.32. The normalized spacial score (nSPS) is 22.9. The Labute approximate surface area is 136 Å². The summed E-state index contributed by atoms with van der Waals surface area (Å²) in [7, 11) is -1.94. The lowest BCUT2D eigenvalue weighted by molar-refractivity contribution is 0.0367. The van der Waals surface area contributed by atoms with E-state index in [0.29, 0.717) is 23.9 Å². The lowest BCUT2D eigenvalue weighted by Crippen LogP contribution is -2.39. The van der Waals surface area contributed by atoms with Gasteiger partial charge in [0.05, 0.1) is 11.0 Å². The smallest absolute Gasteiger partial charge is 0.243 e. The van der Waals surface area contributed by atoms with Gasteiger partial charge in [-0.25, -0.2) is 12.7 Å². The van der Waals surface area contributed by atoms with E-state index in [1.165, 1.54) is 4.31 Å². The summed E-state index contributed by atoms with van der Waals surface area (Å²) >= 11 is 6.69. The molecular formula is C13H17Br2NO3S. The van der Waals surface area contributed by atoms with E-state index in [-0.39, 0.29) is 16.9 Å². The number of aliphatic hydroxyl groups is 1. The number of hydrogen-bond donors (Lipinski definition) is 1. The summed E-state index contributed by atoms with van der Waals surface area (Å²) in [6.45, 7) is 2.35. The van der Waals surface area contributed by atoms with Gasteiger partial charge in [-0.05, 0) is 59.3 Å². The quantitative estimate of drug-likeness (QED) is 0.805.